The van der Waals surface area contributed by atoms with E-state index < -0.39 is 0 Å². The monoisotopic (exact) mass is 382 g/mol. The summed E-state index contributed by atoms with van der Waals surface area (Å²) in [6, 6.07) is 5.28. The maximum atomic E-state index is 14.4. The Morgan fingerprint density at radius 2 is 2.14 bits per heavy atom. The van der Waals surface area contributed by atoms with Crippen molar-refractivity contribution in [2.24, 2.45) is 9.98 Å². The molecular formula is C22H27FN4O. The van der Waals surface area contributed by atoms with Gasteiger partial charge < -0.3 is 10.6 Å². The van der Waals surface area contributed by atoms with Crippen molar-refractivity contribution in [2.75, 3.05) is 26.7 Å². The minimum atomic E-state index is -0.254. The fourth-order valence-corrected chi connectivity index (χ4v) is 2.64. The lowest BCUT2D eigenvalue weighted by atomic mass is 10.1. The standard InChI is InChI=1S/C22H27FN4O/c1-5-25-14-19(16(3)24-4)22(28)27-13-17-9-10-20(26-12-11-17)18-8-6-7-15(2)21(18)23/h6-11,14,24H,5,12-13H2,1-4H3,(H,27,28)/b19-16+,25-14?. The van der Waals surface area contributed by atoms with Gasteiger partial charge in [0, 0.05) is 37.6 Å². The van der Waals surface area contributed by atoms with Crippen LogP contribution in [-0.2, 0) is 4.79 Å². The molecule has 2 N–H and O–H groups in total. The number of halogens is 1. The fraction of sp³-hybridized carbons (Fsp3) is 0.318. The molecular weight excluding hydrogens is 355 g/mol. The summed E-state index contributed by atoms with van der Waals surface area (Å²) in [5.41, 5.74) is 3.84. The van der Waals surface area contributed by atoms with E-state index >= 15 is 0 Å². The largest absolute Gasteiger partial charge is 0.391 e. The van der Waals surface area contributed by atoms with Gasteiger partial charge in [-0.15, -0.1) is 0 Å². The Kier molecular flexibility index (Phi) is 7.87. The van der Waals surface area contributed by atoms with E-state index in [1.54, 1.807) is 38.4 Å². The molecule has 1 aliphatic rings. The predicted molar refractivity (Wildman–Crippen MR) is 114 cm³/mol. The molecule has 0 bridgehead atoms. The number of carbonyl (C=O) groups excluding carboxylic acids is 1. The van der Waals surface area contributed by atoms with Gasteiger partial charge in [-0.3, -0.25) is 14.8 Å². The molecule has 0 atom stereocenters. The van der Waals surface area contributed by atoms with E-state index in [2.05, 4.69) is 20.6 Å². The van der Waals surface area contributed by atoms with E-state index in [4.69, 9.17) is 0 Å². The topological polar surface area (TPSA) is 65.8 Å². The zero-order valence-corrected chi connectivity index (χ0v) is 16.8. The highest BCUT2D eigenvalue weighted by Crippen LogP contribution is 2.15. The molecule has 1 aromatic carbocycles. The number of amides is 1. The molecule has 0 aliphatic carbocycles. The van der Waals surface area contributed by atoms with Gasteiger partial charge in [-0.25, -0.2) is 4.39 Å². The lowest BCUT2D eigenvalue weighted by molar-refractivity contribution is -0.116. The third-order valence-corrected chi connectivity index (χ3v) is 4.42. The number of nitrogens with zero attached hydrogens (tertiary/aromatic N) is 2. The van der Waals surface area contributed by atoms with Crippen molar-refractivity contribution >= 4 is 17.8 Å². The van der Waals surface area contributed by atoms with Crippen LogP contribution in [0, 0.1) is 12.7 Å². The van der Waals surface area contributed by atoms with Gasteiger partial charge in [0.05, 0.1) is 17.8 Å². The van der Waals surface area contributed by atoms with Crippen molar-refractivity contribution in [3.63, 3.8) is 0 Å². The van der Waals surface area contributed by atoms with Gasteiger partial charge >= 0.3 is 0 Å². The first kappa shape index (κ1) is 21.3. The van der Waals surface area contributed by atoms with Crippen molar-refractivity contribution in [1.29, 1.82) is 0 Å². The quantitative estimate of drug-likeness (QED) is 0.562. The summed E-state index contributed by atoms with van der Waals surface area (Å²) >= 11 is 0. The molecule has 0 fully saturated rings. The Morgan fingerprint density at radius 3 is 2.86 bits per heavy atom. The highest BCUT2D eigenvalue weighted by Gasteiger charge is 2.12. The minimum absolute atomic E-state index is 0.200. The lowest BCUT2D eigenvalue weighted by Crippen LogP contribution is -2.29. The Hall–Kier alpha value is -3.02. The zero-order valence-electron chi connectivity index (χ0n) is 16.8. The molecule has 1 amide bonds. The summed E-state index contributed by atoms with van der Waals surface area (Å²) in [6.45, 7) is 6.87. The molecule has 0 unspecified atom stereocenters. The number of aryl methyl sites for hydroxylation is 1. The maximum absolute atomic E-state index is 14.4. The van der Waals surface area contributed by atoms with Crippen molar-refractivity contribution in [1.82, 2.24) is 10.6 Å². The van der Waals surface area contributed by atoms with Crippen LogP contribution in [0.3, 0.4) is 0 Å². The second kappa shape index (κ2) is 10.3. The SMILES string of the molecule is CCN=C/C(C(=O)NCC1=CCN=C(c2cccc(C)c2F)C=C1)=C(/C)NC. The second-order valence-electron chi connectivity index (χ2n) is 6.37. The minimum Gasteiger partial charge on any atom is -0.391 e. The molecule has 28 heavy (non-hydrogen) atoms. The van der Waals surface area contributed by atoms with Crippen LogP contribution in [0.4, 0.5) is 4.39 Å². The molecule has 1 aliphatic heterocycles. The third kappa shape index (κ3) is 5.49. The van der Waals surface area contributed by atoms with Crippen LogP contribution in [0.5, 0.6) is 0 Å². The maximum Gasteiger partial charge on any atom is 0.254 e. The summed E-state index contributed by atoms with van der Waals surface area (Å²) in [5, 5.41) is 5.89. The van der Waals surface area contributed by atoms with Crippen LogP contribution in [0.25, 0.3) is 0 Å². The van der Waals surface area contributed by atoms with E-state index in [0.717, 1.165) is 11.3 Å². The lowest BCUT2D eigenvalue weighted by Gasteiger charge is -2.09. The predicted octanol–water partition coefficient (Wildman–Crippen LogP) is 3.12. The molecule has 0 saturated heterocycles. The Morgan fingerprint density at radius 1 is 1.36 bits per heavy atom. The molecule has 1 heterocycles. The summed E-state index contributed by atoms with van der Waals surface area (Å²) in [4.78, 5) is 21.1. The van der Waals surface area contributed by atoms with Crippen LogP contribution in [0.15, 0.2) is 63.3 Å². The average Bonchev–Trinajstić information content (AvgIpc) is 2.94. The van der Waals surface area contributed by atoms with Crippen LogP contribution < -0.4 is 10.6 Å². The van der Waals surface area contributed by atoms with Crippen LogP contribution >= 0.6 is 0 Å². The van der Waals surface area contributed by atoms with Gasteiger partial charge in [0.2, 0.25) is 0 Å². The Bertz CT molecular complexity index is 879. The summed E-state index contributed by atoms with van der Waals surface area (Å²) in [5.74, 6) is -0.455. The summed E-state index contributed by atoms with van der Waals surface area (Å²) < 4.78 is 14.4. The van der Waals surface area contributed by atoms with E-state index in [1.807, 2.05) is 32.1 Å². The number of rotatable bonds is 7. The normalized spacial score (nSPS) is 14.9. The van der Waals surface area contributed by atoms with Gasteiger partial charge in [-0.1, -0.05) is 24.3 Å². The first-order chi connectivity index (χ1) is 13.5. The molecule has 1 aromatic rings. The number of carbonyl (C=O) groups is 1. The number of benzene rings is 1. The number of allylic oxidation sites excluding steroid dienone is 2. The van der Waals surface area contributed by atoms with Crippen LogP contribution in [0.1, 0.15) is 25.0 Å². The van der Waals surface area contributed by atoms with Crippen molar-refractivity contribution in [3.05, 3.63) is 70.2 Å². The molecule has 2 rings (SSSR count). The molecule has 5 nitrogen and oxygen atoms in total. The molecule has 0 spiro atoms. The van der Waals surface area contributed by atoms with Gasteiger partial charge in [0.1, 0.15) is 5.82 Å². The molecule has 0 saturated carbocycles. The first-order valence-corrected chi connectivity index (χ1v) is 9.31. The van der Waals surface area contributed by atoms with Gasteiger partial charge in [-0.2, -0.15) is 0 Å². The highest BCUT2D eigenvalue weighted by atomic mass is 19.1. The van der Waals surface area contributed by atoms with Crippen molar-refractivity contribution in [2.45, 2.75) is 20.8 Å². The van der Waals surface area contributed by atoms with E-state index in [1.165, 1.54) is 0 Å². The van der Waals surface area contributed by atoms with Crippen molar-refractivity contribution < 1.29 is 9.18 Å². The van der Waals surface area contributed by atoms with E-state index in [-0.39, 0.29) is 11.7 Å². The van der Waals surface area contributed by atoms with Crippen LogP contribution in [0.2, 0.25) is 0 Å². The van der Waals surface area contributed by atoms with Gasteiger partial charge in [0.25, 0.3) is 5.91 Å². The first-order valence-electron chi connectivity index (χ1n) is 9.31. The fourth-order valence-electron chi connectivity index (χ4n) is 2.64. The molecule has 148 valence electrons. The number of nitrogens with one attached hydrogen (secondary N) is 2. The summed E-state index contributed by atoms with van der Waals surface area (Å²) in [6.07, 6.45) is 7.16. The molecule has 0 radical (unpaired) electrons. The van der Waals surface area contributed by atoms with Crippen LogP contribution in [-0.4, -0.2) is 44.5 Å². The number of hydrogen-bond acceptors (Lipinski definition) is 4. The van der Waals surface area contributed by atoms with E-state index in [0.29, 0.717) is 42.0 Å². The number of hydrogen-bond donors (Lipinski definition) is 2. The third-order valence-electron chi connectivity index (χ3n) is 4.42. The average molecular weight is 382 g/mol. The Balaban J connectivity index is 2.07. The molecule has 0 aromatic heterocycles. The Labute approximate surface area is 165 Å². The smallest absolute Gasteiger partial charge is 0.254 e. The van der Waals surface area contributed by atoms with Gasteiger partial charge in [-0.05, 0) is 44.1 Å². The molecule has 6 heteroatoms. The van der Waals surface area contributed by atoms with Gasteiger partial charge in [0.15, 0.2) is 0 Å². The van der Waals surface area contributed by atoms with E-state index in [9.17, 15) is 9.18 Å². The zero-order chi connectivity index (χ0) is 20.5. The highest BCUT2D eigenvalue weighted by molar-refractivity contribution is 6.13. The second-order valence-corrected chi connectivity index (χ2v) is 6.37. The number of aliphatic imine (C=N–C) groups is 2. The van der Waals surface area contributed by atoms with Crippen molar-refractivity contribution in [3.8, 4) is 0 Å². The summed E-state index contributed by atoms with van der Waals surface area (Å²) in [7, 11) is 1.77.